The zero-order valence-corrected chi connectivity index (χ0v) is 18.4. The van der Waals surface area contributed by atoms with Crippen molar-refractivity contribution >= 4 is 32.3 Å². The van der Waals surface area contributed by atoms with Crippen LogP contribution in [0.4, 0.5) is 0 Å². The summed E-state index contributed by atoms with van der Waals surface area (Å²) in [5.74, 6) is 2.75. The molecule has 5 aromatic rings. The van der Waals surface area contributed by atoms with Crippen LogP contribution in [-0.2, 0) is 0 Å². The lowest BCUT2D eigenvalue weighted by atomic mass is 9.81. The fourth-order valence-corrected chi connectivity index (χ4v) is 4.75. The molecule has 3 aromatic carbocycles. The van der Waals surface area contributed by atoms with Crippen molar-refractivity contribution in [1.29, 1.82) is 0 Å². The third-order valence-electron chi connectivity index (χ3n) is 5.71. The number of aromatic nitrogens is 4. The van der Waals surface area contributed by atoms with Gasteiger partial charge in [0.15, 0.2) is 5.65 Å². The molecule has 0 bridgehead atoms. The van der Waals surface area contributed by atoms with Crippen LogP contribution < -0.4 is 9.47 Å². The van der Waals surface area contributed by atoms with Gasteiger partial charge in [0.2, 0.25) is 5.88 Å². The van der Waals surface area contributed by atoms with Gasteiger partial charge in [-0.15, -0.1) is 0 Å². The number of aryl methyl sites for hydroxylation is 1. The first-order chi connectivity index (χ1) is 15.1. The first-order valence-electron chi connectivity index (χ1n) is 9.88. The number of fused-ring (bicyclic) bond motifs is 6. The van der Waals surface area contributed by atoms with Gasteiger partial charge in [-0.3, -0.25) is 0 Å². The van der Waals surface area contributed by atoms with Crippen molar-refractivity contribution in [2.24, 2.45) is 0 Å². The third kappa shape index (κ3) is 2.80. The molecule has 0 saturated carbocycles. The Hall–Kier alpha value is -3.45. The molecule has 0 N–H and O–H groups in total. The van der Waals surface area contributed by atoms with Crippen LogP contribution in [-0.4, -0.2) is 26.7 Å². The van der Waals surface area contributed by atoms with Crippen molar-refractivity contribution in [1.82, 2.24) is 19.6 Å². The first kappa shape index (κ1) is 18.3. The van der Waals surface area contributed by atoms with Gasteiger partial charge in [-0.1, -0.05) is 40.2 Å². The molecule has 1 aliphatic rings. The van der Waals surface area contributed by atoms with Crippen molar-refractivity contribution in [2.75, 3.05) is 7.11 Å². The van der Waals surface area contributed by atoms with E-state index in [1.54, 1.807) is 18.0 Å². The molecule has 0 aliphatic carbocycles. The highest BCUT2D eigenvalue weighted by Crippen LogP contribution is 2.50. The zero-order valence-electron chi connectivity index (χ0n) is 16.8. The van der Waals surface area contributed by atoms with Crippen molar-refractivity contribution in [3.8, 4) is 17.4 Å². The quantitative estimate of drug-likeness (QED) is 0.326. The van der Waals surface area contributed by atoms with E-state index in [1.165, 1.54) is 0 Å². The Morgan fingerprint density at radius 2 is 1.87 bits per heavy atom. The molecule has 0 spiro atoms. The largest absolute Gasteiger partial charge is 0.497 e. The molecule has 152 valence electrons. The molecule has 2 aromatic heterocycles. The lowest BCUT2D eigenvalue weighted by Crippen LogP contribution is -2.15. The van der Waals surface area contributed by atoms with E-state index in [0.717, 1.165) is 49.1 Å². The molecular formula is C24H17BrN4O2. The van der Waals surface area contributed by atoms with Crippen molar-refractivity contribution < 1.29 is 9.47 Å². The Kier molecular flexibility index (Phi) is 4.01. The highest BCUT2D eigenvalue weighted by molar-refractivity contribution is 9.10. The maximum Gasteiger partial charge on any atom is 0.228 e. The number of benzene rings is 3. The molecule has 6 nitrogen and oxygen atoms in total. The van der Waals surface area contributed by atoms with Crippen LogP contribution in [0.3, 0.4) is 0 Å². The van der Waals surface area contributed by atoms with Crippen LogP contribution in [0.25, 0.3) is 16.4 Å². The SMILES string of the molecule is COc1ccc(C2c3c(ccc4cc(Br)ccc34)Oc3ncn4nc(C)nc4c32)cc1. The van der Waals surface area contributed by atoms with Gasteiger partial charge in [-0.05, 0) is 53.6 Å². The predicted octanol–water partition coefficient (Wildman–Crippen LogP) is 5.64. The summed E-state index contributed by atoms with van der Waals surface area (Å²) < 4.78 is 14.4. The van der Waals surface area contributed by atoms with Gasteiger partial charge >= 0.3 is 0 Å². The van der Waals surface area contributed by atoms with E-state index in [2.05, 4.69) is 62.4 Å². The minimum Gasteiger partial charge on any atom is -0.497 e. The summed E-state index contributed by atoms with van der Waals surface area (Å²) in [6, 6.07) is 18.5. The van der Waals surface area contributed by atoms with Gasteiger partial charge in [-0.25, -0.2) is 14.5 Å². The van der Waals surface area contributed by atoms with Gasteiger partial charge in [0.1, 0.15) is 23.7 Å². The molecule has 1 atom stereocenters. The number of rotatable bonds is 2. The lowest BCUT2D eigenvalue weighted by molar-refractivity contribution is 0.414. The highest BCUT2D eigenvalue weighted by Gasteiger charge is 2.34. The summed E-state index contributed by atoms with van der Waals surface area (Å²) in [5.41, 5.74) is 3.87. The number of hydrogen-bond acceptors (Lipinski definition) is 5. The van der Waals surface area contributed by atoms with Crippen LogP contribution in [0.2, 0.25) is 0 Å². The lowest BCUT2D eigenvalue weighted by Gasteiger charge is -2.29. The number of hydrogen-bond donors (Lipinski definition) is 0. The van der Waals surface area contributed by atoms with E-state index < -0.39 is 0 Å². The molecule has 3 heterocycles. The number of methoxy groups -OCH3 is 1. The Bertz CT molecular complexity index is 1480. The van der Waals surface area contributed by atoms with E-state index in [1.807, 2.05) is 25.1 Å². The molecule has 0 fully saturated rings. The van der Waals surface area contributed by atoms with Crippen LogP contribution in [0, 0.1) is 6.92 Å². The highest BCUT2D eigenvalue weighted by atomic mass is 79.9. The van der Waals surface area contributed by atoms with Crippen LogP contribution in [0.1, 0.15) is 28.4 Å². The molecule has 1 unspecified atom stereocenters. The normalized spacial score (nSPS) is 14.9. The third-order valence-corrected chi connectivity index (χ3v) is 6.20. The minimum atomic E-state index is -0.116. The molecule has 31 heavy (non-hydrogen) atoms. The van der Waals surface area contributed by atoms with Crippen LogP contribution in [0.15, 0.2) is 65.4 Å². The summed E-state index contributed by atoms with van der Waals surface area (Å²) in [5, 5.41) is 6.73. The number of halogens is 1. The van der Waals surface area contributed by atoms with E-state index in [0.29, 0.717) is 11.7 Å². The second-order valence-corrected chi connectivity index (χ2v) is 8.46. The van der Waals surface area contributed by atoms with Gasteiger partial charge in [0.25, 0.3) is 0 Å². The summed E-state index contributed by atoms with van der Waals surface area (Å²) in [4.78, 5) is 9.27. The monoisotopic (exact) mass is 472 g/mol. The maximum atomic E-state index is 6.30. The van der Waals surface area contributed by atoms with E-state index >= 15 is 0 Å². The molecule has 0 radical (unpaired) electrons. The molecule has 1 aliphatic heterocycles. The minimum absolute atomic E-state index is 0.116. The van der Waals surface area contributed by atoms with Crippen molar-refractivity contribution in [3.05, 3.63) is 87.9 Å². The second kappa shape index (κ2) is 6.78. The standard InChI is InChI=1S/C24H17BrN4O2/c1-13-27-23-22-20(14-3-7-17(30-2)8-4-14)21-18-9-6-16(25)11-15(18)5-10-19(21)31-24(22)26-12-29(23)28-13/h3-12,20H,1-2H3. The summed E-state index contributed by atoms with van der Waals surface area (Å²) in [7, 11) is 1.67. The molecule has 0 saturated heterocycles. The average Bonchev–Trinajstić information content (AvgIpc) is 3.18. The Labute approximate surface area is 186 Å². The van der Waals surface area contributed by atoms with Crippen molar-refractivity contribution in [2.45, 2.75) is 12.8 Å². The van der Waals surface area contributed by atoms with Gasteiger partial charge < -0.3 is 9.47 Å². The number of nitrogens with zero attached hydrogens (tertiary/aromatic N) is 4. The zero-order chi connectivity index (χ0) is 21.1. The average molecular weight is 473 g/mol. The fourth-order valence-electron chi connectivity index (χ4n) is 4.37. The second-order valence-electron chi connectivity index (χ2n) is 7.54. The first-order valence-corrected chi connectivity index (χ1v) is 10.7. The van der Waals surface area contributed by atoms with E-state index in [4.69, 9.17) is 14.5 Å². The predicted molar refractivity (Wildman–Crippen MR) is 121 cm³/mol. The maximum absolute atomic E-state index is 6.30. The van der Waals surface area contributed by atoms with Crippen LogP contribution in [0.5, 0.6) is 17.4 Å². The van der Waals surface area contributed by atoms with E-state index in [-0.39, 0.29) is 5.92 Å². The van der Waals surface area contributed by atoms with Gasteiger partial charge in [0.05, 0.1) is 12.7 Å². The van der Waals surface area contributed by atoms with Crippen molar-refractivity contribution in [3.63, 3.8) is 0 Å². The van der Waals surface area contributed by atoms with E-state index in [9.17, 15) is 0 Å². The topological polar surface area (TPSA) is 61.5 Å². The summed E-state index contributed by atoms with van der Waals surface area (Å²) in [6.07, 6.45) is 1.66. The molecule has 0 amide bonds. The molecule has 6 rings (SSSR count). The molecular weight excluding hydrogens is 456 g/mol. The van der Waals surface area contributed by atoms with Crippen LogP contribution >= 0.6 is 15.9 Å². The number of ether oxygens (including phenoxy) is 2. The molecule has 7 heteroatoms. The smallest absolute Gasteiger partial charge is 0.228 e. The Morgan fingerprint density at radius 1 is 1.03 bits per heavy atom. The fraction of sp³-hybridized carbons (Fsp3) is 0.125. The van der Waals surface area contributed by atoms with Gasteiger partial charge in [0, 0.05) is 16.0 Å². The summed E-state index contributed by atoms with van der Waals surface area (Å²) in [6.45, 7) is 1.88. The summed E-state index contributed by atoms with van der Waals surface area (Å²) >= 11 is 3.59. The Balaban J connectivity index is 1.71. The van der Waals surface area contributed by atoms with Gasteiger partial charge in [-0.2, -0.15) is 5.10 Å². The Morgan fingerprint density at radius 3 is 2.68 bits per heavy atom.